The summed E-state index contributed by atoms with van der Waals surface area (Å²) >= 11 is 0. The topological polar surface area (TPSA) is 49.4 Å². The van der Waals surface area contributed by atoms with Crippen LogP contribution < -0.4 is 10.2 Å². The van der Waals surface area contributed by atoms with Crippen LogP contribution in [0.15, 0.2) is 29.2 Å². The zero-order valence-corrected chi connectivity index (χ0v) is 14.0. The molecule has 1 aromatic carbocycles. The van der Waals surface area contributed by atoms with Crippen LogP contribution >= 0.6 is 0 Å². The highest BCUT2D eigenvalue weighted by Gasteiger charge is 2.26. The average Bonchev–Trinajstić information content (AvgIpc) is 2.54. The number of nitrogens with zero attached hydrogens (tertiary/aromatic N) is 1. The van der Waals surface area contributed by atoms with Crippen molar-refractivity contribution in [3.63, 3.8) is 0 Å². The van der Waals surface area contributed by atoms with Crippen molar-refractivity contribution < 1.29 is 8.42 Å². The first-order chi connectivity index (χ1) is 9.99. The first-order valence-corrected chi connectivity index (χ1v) is 9.41. The van der Waals surface area contributed by atoms with E-state index in [9.17, 15) is 8.42 Å². The van der Waals surface area contributed by atoms with Gasteiger partial charge in [0.05, 0.1) is 10.6 Å². The van der Waals surface area contributed by atoms with Crippen LogP contribution in [0.25, 0.3) is 0 Å². The predicted molar refractivity (Wildman–Crippen MR) is 87.7 cm³/mol. The smallest absolute Gasteiger partial charge is 0.178 e. The Balaban J connectivity index is 2.24. The van der Waals surface area contributed by atoms with E-state index in [1.54, 1.807) is 19.1 Å². The lowest BCUT2D eigenvalue weighted by atomic mass is 9.96. The number of hydrogen-bond acceptors (Lipinski definition) is 4. The molecule has 0 bridgehead atoms. The number of nitrogens with one attached hydrogen (secondary N) is 1. The molecule has 4 nitrogen and oxygen atoms in total. The van der Waals surface area contributed by atoms with Gasteiger partial charge in [-0.25, -0.2) is 8.42 Å². The van der Waals surface area contributed by atoms with Gasteiger partial charge in [-0.1, -0.05) is 6.92 Å². The summed E-state index contributed by atoms with van der Waals surface area (Å²) in [6.07, 6.45) is 3.63. The minimum atomic E-state index is -3.11. The second-order valence-electron chi connectivity index (χ2n) is 5.73. The molecule has 1 fully saturated rings. The van der Waals surface area contributed by atoms with Gasteiger partial charge in [0.2, 0.25) is 0 Å². The summed E-state index contributed by atoms with van der Waals surface area (Å²) in [5.41, 5.74) is 1.12. The number of likely N-dealkylation sites (N-methyl/N-ethyl adjacent to an activating group) is 1. The van der Waals surface area contributed by atoms with Gasteiger partial charge in [0, 0.05) is 24.3 Å². The van der Waals surface area contributed by atoms with Crippen molar-refractivity contribution >= 4 is 15.5 Å². The standard InChI is InChI=1S/C16H26N2O2S/c1-4-21(19,20)15-10-8-14(9-11-15)18-12-6-5-7-16(18)13(2)17-3/h8-11,13,16-17H,4-7,12H2,1-3H3. The minimum Gasteiger partial charge on any atom is -0.367 e. The molecule has 1 heterocycles. The van der Waals surface area contributed by atoms with Crippen molar-refractivity contribution in [1.82, 2.24) is 5.32 Å². The van der Waals surface area contributed by atoms with Crippen LogP contribution in [0.2, 0.25) is 0 Å². The average molecular weight is 310 g/mol. The van der Waals surface area contributed by atoms with Crippen LogP contribution in [-0.2, 0) is 9.84 Å². The highest BCUT2D eigenvalue weighted by molar-refractivity contribution is 7.91. The van der Waals surface area contributed by atoms with Gasteiger partial charge in [-0.2, -0.15) is 0 Å². The number of hydrogen-bond donors (Lipinski definition) is 1. The van der Waals surface area contributed by atoms with Crippen molar-refractivity contribution in [1.29, 1.82) is 0 Å². The third-order valence-corrected chi connectivity index (χ3v) is 6.24. The summed E-state index contributed by atoms with van der Waals surface area (Å²) in [4.78, 5) is 2.83. The zero-order valence-electron chi connectivity index (χ0n) is 13.2. The maximum Gasteiger partial charge on any atom is 0.178 e. The maximum absolute atomic E-state index is 11.9. The summed E-state index contributed by atoms with van der Waals surface area (Å²) < 4.78 is 23.8. The fourth-order valence-corrected chi connectivity index (χ4v) is 3.89. The molecule has 0 aromatic heterocycles. The van der Waals surface area contributed by atoms with Gasteiger partial charge in [-0.15, -0.1) is 0 Å². The maximum atomic E-state index is 11.9. The Morgan fingerprint density at radius 1 is 1.29 bits per heavy atom. The summed E-state index contributed by atoms with van der Waals surface area (Å²) in [7, 11) is -1.12. The van der Waals surface area contributed by atoms with Crippen LogP contribution in [0, 0.1) is 0 Å². The lowest BCUT2D eigenvalue weighted by Crippen LogP contribution is -2.50. The van der Waals surface area contributed by atoms with Gasteiger partial charge in [0.15, 0.2) is 9.84 Å². The number of sulfone groups is 1. The van der Waals surface area contributed by atoms with E-state index in [0.29, 0.717) is 17.0 Å². The van der Waals surface area contributed by atoms with E-state index in [1.807, 2.05) is 19.2 Å². The molecule has 2 unspecified atom stereocenters. The Bertz CT molecular complexity index is 554. The molecule has 1 aliphatic rings. The van der Waals surface area contributed by atoms with E-state index < -0.39 is 9.84 Å². The van der Waals surface area contributed by atoms with Crippen LogP contribution in [-0.4, -0.2) is 39.8 Å². The van der Waals surface area contributed by atoms with Crippen LogP contribution in [0.4, 0.5) is 5.69 Å². The quantitative estimate of drug-likeness (QED) is 0.907. The normalized spacial score (nSPS) is 21.3. The monoisotopic (exact) mass is 310 g/mol. The van der Waals surface area contributed by atoms with Crippen LogP contribution in [0.5, 0.6) is 0 Å². The molecule has 1 aromatic rings. The van der Waals surface area contributed by atoms with E-state index >= 15 is 0 Å². The molecule has 1 saturated heterocycles. The molecular weight excluding hydrogens is 284 g/mol. The van der Waals surface area contributed by atoms with E-state index in [-0.39, 0.29) is 5.75 Å². The van der Waals surface area contributed by atoms with E-state index in [4.69, 9.17) is 0 Å². The first-order valence-electron chi connectivity index (χ1n) is 7.76. The molecule has 21 heavy (non-hydrogen) atoms. The summed E-state index contributed by atoms with van der Waals surface area (Å²) in [6, 6.07) is 8.27. The molecule has 1 aliphatic heterocycles. The predicted octanol–water partition coefficient (Wildman–Crippen LogP) is 2.45. The third-order valence-electron chi connectivity index (χ3n) is 4.49. The highest BCUT2D eigenvalue weighted by Crippen LogP contribution is 2.27. The fourth-order valence-electron chi connectivity index (χ4n) is 3.00. The van der Waals surface area contributed by atoms with E-state index in [2.05, 4.69) is 17.1 Å². The molecule has 0 saturated carbocycles. The third kappa shape index (κ3) is 3.58. The van der Waals surface area contributed by atoms with Gasteiger partial charge >= 0.3 is 0 Å². The number of benzene rings is 1. The molecule has 0 aliphatic carbocycles. The van der Waals surface area contributed by atoms with Gasteiger partial charge in [-0.05, 0) is 57.5 Å². The van der Waals surface area contributed by atoms with Crippen molar-refractivity contribution in [2.45, 2.75) is 50.1 Å². The molecule has 1 N–H and O–H groups in total. The Morgan fingerprint density at radius 3 is 2.52 bits per heavy atom. The van der Waals surface area contributed by atoms with Crippen molar-refractivity contribution in [3.05, 3.63) is 24.3 Å². The first kappa shape index (κ1) is 16.3. The van der Waals surface area contributed by atoms with Gasteiger partial charge in [-0.3, -0.25) is 0 Å². The summed E-state index contributed by atoms with van der Waals surface area (Å²) in [6.45, 7) is 4.92. The van der Waals surface area contributed by atoms with E-state index in [0.717, 1.165) is 12.2 Å². The second-order valence-corrected chi connectivity index (χ2v) is 8.01. The summed E-state index contributed by atoms with van der Waals surface area (Å²) in [5, 5.41) is 3.34. The van der Waals surface area contributed by atoms with Crippen molar-refractivity contribution in [2.24, 2.45) is 0 Å². The summed E-state index contributed by atoms with van der Waals surface area (Å²) in [5.74, 6) is 0.148. The van der Waals surface area contributed by atoms with Crippen molar-refractivity contribution in [2.75, 3.05) is 24.2 Å². The second kappa shape index (κ2) is 6.79. The van der Waals surface area contributed by atoms with E-state index in [1.165, 1.54) is 19.3 Å². The van der Waals surface area contributed by atoms with Crippen LogP contribution in [0.1, 0.15) is 33.1 Å². The lowest BCUT2D eigenvalue weighted by molar-refractivity contribution is 0.382. The number of anilines is 1. The zero-order chi connectivity index (χ0) is 15.5. The molecule has 5 heteroatoms. The molecule has 0 amide bonds. The molecule has 118 valence electrons. The Hall–Kier alpha value is -1.07. The Morgan fingerprint density at radius 2 is 1.95 bits per heavy atom. The molecule has 2 rings (SSSR count). The van der Waals surface area contributed by atoms with Gasteiger partial charge < -0.3 is 10.2 Å². The lowest BCUT2D eigenvalue weighted by Gasteiger charge is -2.41. The Labute approximate surface area is 128 Å². The Kier molecular flexibility index (Phi) is 5.27. The SMILES string of the molecule is CCS(=O)(=O)c1ccc(N2CCCCC2C(C)NC)cc1. The fraction of sp³-hybridized carbons (Fsp3) is 0.625. The molecule has 0 spiro atoms. The van der Waals surface area contributed by atoms with Crippen molar-refractivity contribution in [3.8, 4) is 0 Å². The molecule has 0 radical (unpaired) electrons. The minimum absolute atomic E-state index is 0.148. The van der Waals surface area contributed by atoms with Gasteiger partial charge in [0.25, 0.3) is 0 Å². The molecular formula is C16H26N2O2S. The highest BCUT2D eigenvalue weighted by atomic mass is 32.2. The van der Waals surface area contributed by atoms with Gasteiger partial charge in [0.1, 0.15) is 0 Å². The largest absolute Gasteiger partial charge is 0.367 e. The van der Waals surface area contributed by atoms with Crippen LogP contribution in [0.3, 0.4) is 0 Å². The molecule has 2 atom stereocenters. The number of rotatable bonds is 5. The number of piperidine rings is 1.